The molecule has 42 heavy (non-hydrogen) atoms. The van der Waals surface area contributed by atoms with E-state index in [1.165, 1.54) is 56.4 Å². The molecule has 0 radical (unpaired) electrons. The van der Waals surface area contributed by atoms with Crippen molar-refractivity contribution in [3.63, 3.8) is 0 Å². The lowest BCUT2D eigenvalue weighted by Crippen LogP contribution is -2.44. The molecule has 222 valence electrons. The molecule has 2 heterocycles. The molecule has 13 heteroatoms. The maximum atomic E-state index is 13.5. The Bertz CT molecular complexity index is 1610. The van der Waals surface area contributed by atoms with Gasteiger partial charge in [0.2, 0.25) is 5.71 Å². The van der Waals surface area contributed by atoms with Crippen LogP contribution in [0.25, 0.3) is 33.6 Å². The number of benzene rings is 2. The van der Waals surface area contributed by atoms with Crippen molar-refractivity contribution in [3.8, 4) is 22.5 Å². The fraction of sp³-hybridized carbons (Fsp3) is 0.276. The number of nitrogens with zero attached hydrogens (tertiary/aromatic N) is 1. The second kappa shape index (κ2) is 11.8. The zero-order valence-corrected chi connectivity index (χ0v) is 22.2. The molecular formula is C29H24F7N3O3. The van der Waals surface area contributed by atoms with Crippen molar-refractivity contribution in [2.75, 3.05) is 7.05 Å². The predicted molar refractivity (Wildman–Crippen MR) is 140 cm³/mol. The first-order valence-corrected chi connectivity index (χ1v) is 12.7. The molecule has 2 amide bonds. The zero-order chi connectivity index (χ0) is 30.8. The molecule has 0 spiro atoms. The summed E-state index contributed by atoms with van der Waals surface area (Å²) in [6.45, 7) is 1.26. The molecule has 2 N–H and O–H groups in total. The maximum Gasteiger partial charge on any atom is 0.408 e. The Balaban J connectivity index is 1.89. The number of nitrogens with one attached hydrogen (secondary N) is 2. The van der Waals surface area contributed by atoms with Gasteiger partial charge in [-0.3, -0.25) is 9.59 Å². The van der Waals surface area contributed by atoms with E-state index in [-0.39, 0.29) is 44.8 Å². The highest BCUT2D eigenvalue weighted by Crippen LogP contribution is 2.37. The molecule has 4 aromatic rings. The number of fused-ring (bicyclic) bond motifs is 1. The van der Waals surface area contributed by atoms with Gasteiger partial charge in [-0.15, -0.1) is 0 Å². The second-order valence-electron chi connectivity index (χ2n) is 9.40. The summed E-state index contributed by atoms with van der Waals surface area (Å²) in [5.41, 5.74) is 0.186. The molecule has 1 atom stereocenters. The number of rotatable bonds is 8. The van der Waals surface area contributed by atoms with Crippen molar-refractivity contribution in [1.29, 1.82) is 0 Å². The number of amides is 2. The van der Waals surface area contributed by atoms with Crippen molar-refractivity contribution >= 4 is 22.9 Å². The highest BCUT2D eigenvalue weighted by atomic mass is 19.4. The summed E-state index contributed by atoms with van der Waals surface area (Å²) >= 11 is 0. The van der Waals surface area contributed by atoms with Gasteiger partial charge in [-0.1, -0.05) is 19.1 Å². The number of aryl methyl sites for hydroxylation is 1. The quantitative estimate of drug-likeness (QED) is 0.211. The highest BCUT2D eigenvalue weighted by molar-refractivity contribution is 6.11. The molecule has 0 saturated heterocycles. The van der Waals surface area contributed by atoms with Crippen molar-refractivity contribution < 1.29 is 44.7 Å². The molecular weight excluding hydrogens is 571 g/mol. The molecule has 4 rings (SSSR count). The first kappa shape index (κ1) is 30.5. The van der Waals surface area contributed by atoms with E-state index in [0.717, 1.165) is 12.1 Å². The van der Waals surface area contributed by atoms with Gasteiger partial charge in [0.05, 0.1) is 16.6 Å². The molecule has 0 aliphatic carbocycles. The number of alkyl halides is 6. The van der Waals surface area contributed by atoms with Gasteiger partial charge in [-0.2, -0.15) is 26.3 Å². The Kier molecular flexibility index (Phi) is 8.60. The summed E-state index contributed by atoms with van der Waals surface area (Å²) in [6, 6.07) is 9.62. The topological polar surface area (TPSA) is 84.2 Å². The number of hydrogen-bond donors (Lipinski definition) is 2. The minimum absolute atomic E-state index is 0.00154. The summed E-state index contributed by atoms with van der Waals surface area (Å²) in [7, 11) is 1.36. The molecule has 0 bridgehead atoms. The first-order chi connectivity index (χ1) is 19.7. The van der Waals surface area contributed by atoms with E-state index in [9.17, 15) is 40.3 Å². The zero-order valence-electron chi connectivity index (χ0n) is 22.2. The van der Waals surface area contributed by atoms with Crippen LogP contribution in [-0.4, -0.2) is 42.2 Å². The standard InChI is InChI=1S/C29H24F7N3O3/c1-3-22(29(34,35)36)39-25(40)17-6-4-5-16(13-17)19-14-20-23(26(41)37-2)24(15-7-9-18(30)10-8-15)42-27(20)38-21(19)11-12-28(31,32)33/h4-10,13-14,22H,3,11-12H2,1-2H3,(H,37,41)(H,39,40). The number of furan rings is 1. The van der Waals surface area contributed by atoms with Crippen LogP contribution in [0.15, 0.2) is 59.0 Å². The maximum absolute atomic E-state index is 13.5. The van der Waals surface area contributed by atoms with E-state index in [2.05, 4.69) is 10.3 Å². The third-order valence-electron chi connectivity index (χ3n) is 6.51. The predicted octanol–water partition coefficient (Wildman–Crippen LogP) is 7.23. The fourth-order valence-electron chi connectivity index (χ4n) is 4.40. The Morgan fingerprint density at radius 3 is 2.24 bits per heavy atom. The van der Waals surface area contributed by atoms with Crippen LogP contribution < -0.4 is 10.6 Å². The molecule has 1 unspecified atom stereocenters. The molecule has 6 nitrogen and oxygen atoms in total. The van der Waals surface area contributed by atoms with Crippen LogP contribution in [0, 0.1) is 5.82 Å². The number of pyridine rings is 1. The smallest absolute Gasteiger partial charge is 0.408 e. The van der Waals surface area contributed by atoms with Gasteiger partial charge >= 0.3 is 12.4 Å². The number of halogens is 7. The van der Waals surface area contributed by atoms with Gasteiger partial charge in [0, 0.05) is 30.2 Å². The van der Waals surface area contributed by atoms with Crippen LogP contribution in [0.4, 0.5) is 30.7 Å². The lowest BCUT2D eigenvalue weighted by atomic mass is 9.96. The molecule has 0 fully saturated rings. The van der Waals surface area contributed by atoms with Crippen molar-refractivity contribution in [2.45, 2.75) is 44.6 Å². The van der Waals surface area contributed by atoms with E-state index in [0.29, 0.717) is 5.56 Å². The van der Waals surface area contributed by atoms with Crippen molar-refractivity contribution in [1.82, 2.24) is 15.6 Å². The number of hydrogen-bond acceptors (Lipinski definition) is 4. The summed E-state index contributed by atoms with van der Waals surface area (Å²) < 4.78 is 98.7. The summed E-state index contributed by atoms with van der Waals surface area (Å²) in [5.74, 6) is -2.19. The Hall–Kier alpha value is -4.42. The molecule has 0 aliphatic rings. The Labute approximate surface area is 234 Å². The molecule has 0 saturated carbocycles. The third-order valence-corrected chi connectivity index (χ3v) is 6.51. The number of aromatic nitrogens is 1. The van der Waals surface area contributed by atoms with E-state index in [4.69, 9.17) is 4.42 Å². The first-order valence-electron chi connectivity index (χ1n) is 12.7. The van der Waals surface area contributed by atoms with Crippen molar-refractivity contribution in [3.05, 3.63) is 77.2 Å². The van der Waals surface area contributed by atoms with Crippen LogP contribution in [0.3, 0.4) is 0 Å². The fourth-order valence-corrected chi connectivity index (χ4v) is 4.40. The van der Waals surface area contributed by atoms with Crippen LogP contribution in [-0.2, 0) is 6.42 Å². The lowest BCUT2D eigenvalue weighted by molar-refractivity contribution is -0.153. The summed E-state index contributed by atoms with van der Waals surface area (Å²) in [6.07, 6.45) is -11.5. The average molecular weight is 596 g/mol. The van der Waals surface area contributed by atoms with E-state index >= 15 is 0 Å². The number of carbonyl (C=O) groups excluding carboxylic acids is 2. The monoisotopic (exact) mass is 595 g/mol. The van der Waals surface area contributed by atoms with Gasteiger partial charge in [0.1, 0.15) is 17.6 Å². The van der Waals surface area contributed by atoms with E-state index < -0.39 is 55.3 Å². The van der Waals surface area contributed by atoms with Crippen LogP contribution in [0.1, 0.15) is 46.2 Å². The lowest BCUT2D eigenvalue weighted by Gasteiger charge is -2.20. The van der Waals surface area contributed by atoms with Gasteiger partial charge in [-0.05, 0) is 60.9 Å². The minimum atomic E-state index is -4.68. The number of carbonyl (C=O) groups is 2. The Morgan fingerprint density at radius 2 is 1.64 bits per heavy atom. The van der Waals surface area contributed by atoms with Gasteiger partial charge in [0.15, 0.2) is 0 Å². The normalized spacial score (nSPS) is 12.8. The average Bonchev–Trinajstić information content (AvgIpc) is 3.31. The van der Waals surface area contributed by atoms with E-state index in [1.807, 2.05) is 5.32 Å². The van der Waals surface area contributed by atoms with Crippen molar-refractivity contribution in [2.24, 2.45) is 0 Å². The molecule has 2 aromatic heterocycles. The SMILES string of the molecule is CCC(NC(=O)c1cccc(-c2cc3c(C(=O)NC)c(-c4ccc(F)cc4)oc3nc2CCC(F)(F)F)c1)C(F)(F)F. The second-order valence-corrected chi connectivity index (χ2v) is 9.40. The van der Waals surface area contributed by atoms with Gasteiger partial charge in [-0.25, -0.2) is 9.37 Å². The highest BCUT2D eigenvalue weighted by Gasteiger charge is 2.39. The van der Waals surface area contributed by atoms with Crippen LogP contribution in [0.5, 0.6) is 0 Å². The van der Waals surface area contributed by atoms with Gasteiger partial charge < -0.3 is 15.1 Å². The van der Waals surface area contributed by atoms with Crippen LogP contribution in [0.2, 0.25) is 0 Å². The minimum Gasteiger partial charge on any atom is -0.437 e. The van der Waals surface area contributed by atoms with E-state index in [1.54, 1.807) is 0 Å². The largest absolute Gasteiger partial charge is 0.437 e. The summed E-state index contributed by atoms with van der Waals surface area (Å²) in [5, 5.41) is 4.51. The molecule has 0 aliphatic heterocycles. The Morgan fingerprint density at radius 1 is 0.952 bits per heavy atom. The van der Waals surface area contributed by atoms with Gasteiger partial charge in [0.25, 0.3) is 11.8 Å². The molecule has 2 aromatic carbocycles. The van der Waals surface area contributed by atoms with Crippen LogP contribution >= 0.6 is 0 Å². The summed E-state index contributed by atoms with van der Waals surface area (Å²) in [4.78, 5) is 29.9. The third kappa shape index (κ3) is 6.72.